The SMILES string of the molecule is C/C=[C](\OC)[Sn]([CH3])([CH3])[CH3]. The van der Waals surface area contributed by atoms with Crippen LogP contribution in [-0.4, -0.2) is 25.5 Å². The van der Waals surface area contributed by atoms with Gasteiger partial charge in [0.05, 0.1) is 0 Å². The Morgan fingerprint density at radius 2 is 1.78 bits per heavy atom. The molecule has 0 spiro atoms. The molecule has 0 aliphatic heterocycles. The topological polar surface area (TPSA) is 9.23 Å². The van der Waals surface area contributed by atoms with Crippen LogP contribution in [0.4, 0.5) is 0 Å². The van der Waals surface area contributed by atoms with Gasteiger partial charge in [-0.1, -0.05) is 0 Å². The maximum absolute atomic E-state index is 5.22. The molecule has 0 amide bonds. The van der Waals surface area contributed by atoms with Gasteiger partial charge in [0.1, 0.15) is 0 Å². The molecular weight excluding hydrogens is 219 g/mol. The summed E-state index contributed by atoms with van der Waals surface area (Å²) >= 11 is -1.82. The molecule has 0 saturated carbocycles. The fourth-order valence-corrected chi connectivity index (χ4v) is 5.08. The average Bonchev–Trinajstić information content (AvgIpc) is 1.65. The van der Waals surface area contributed by atoms with E-state index in [0.29, 0.717) is 0 Å². The van der Waals surface area contributed by atoms with E-state index in [9.17, 15) is 0 Å². The van der Waals surface area contributed by atoms with Crippen molar-refractivity contribution in [3.8, 4) is 0 Å². The van der Waals surface area contributed by atoms with Gasteiger partial charge >= 0.3 is 61.8 Å². The van der Waals surface area contributed by atoms with Crippen molar-refractivity contribution in [3.05, 3.63) is 9.85 Å². The summed E-state index contributed by atoms with van der Waals surface area (Å²) in [5.41, 5.74) is 0. The van der Waals surface area contributed by atoms with Crippen LogP contribution < -0.4 is 0 Å². The zero-order chi connectivity index (χ0) is 7.49. The Bertz CT molecular complexity index is 111. The predicted octanol–water partition coefficient (Wildman–Crippen LogP) is 2.41. The molecule has 0 aliphatic carbocycles. The van der Waals surface area contributed by atoms with Gasteiger partial charge in [-0.25, -0.2) is 0 Å². The number of hydrogen-bond acceptors (Lipinski definition) is 1. The van der Waals surface area contributed by atoms with Crippen molar-refractivity contribution in [1.82, 2.24) is 0 Å². The first-order valence-corrected chi connectivity index (χ1v) is 13.2. The van der Waals surface area contributed by atoms with Gasteiger partial charge in [-0.3, -0.25) is 0 Å². The molecule has 2 heteroatoms. The molecule has 0 radical (unpaired) electrons. The van der Waals surface area contributed by atoms with E-state index >= 15 is 0 Å². The van der Waals surface area contributed by atoms with Crippen molar-refractivity contribution < 1.29 is 4.74 Å². The molecule has 0 N–H and O–H groups in total. The monoisotopic (exact) mass is 236 g/mol. The van der Waals surface area contributed by atoms with Gasteiger partial charge in [0.2, 0.25) is 0 Å². The van der Waals surface area contributed by atoms with E-state index < -0.39 is 18.4 Å². The molecule has 0 rings (SSSR count). The molecular formula is C7H16OSn. The maximum atomic E-state index is 5.22. The van der Waals surface area contributed by atoms with E-state index in [2.05, 4.69) is 20.9 Å². The summed E-state index contributed by atoms with van der Waals surface area (Å²) in [4.78, 5) is 7.02. The van der Waals surface area contributed by atoms with Crippen LogP contribution in [-0.2, 0) is 4.74 Å². The first kappa shape index (κ1) is 9.34. The van der Waals surface area contributed by atoms with E-state index in [1.165, 1.54) is 3.78 Å². The van der Waals surface area contributed by atoms with Crippen LogP contribution in [0.15, 0.2) is 9.85 Å². The molecule has 0 fully saturated rings. The third-order valence-electron chi connectivity index (χ3n) is 1.22. The Balaban J connectivity index is 4.14. The van der Waals surface area contributed by atoms with Crippen LogP contribution in [0.1, 0.15) is 6.92 Å². The predicted molar refractivity (Wildman–Crippen MR) is 44.1 cm³/mol. The van der Waals surface area contributed by atoms with Gasteiger partial charge in [-0.15, -0.1) is 0 Å². The summed E-state index contributed by atoms with van der Waals surface area (Å²) in [6.45, 7) is 2.04. The second kappa shape index (κ2) is 3.49. The van der Waals surface area contributed by atoms with Crippen LogP contribution in [0.3, 0.4) is 0 Å². The first-order chi connectivity index (χ1) is 4.02. The second-order valence-electron chi connectivity index (χ2n) is 3.11. The van der Waals surface area contributed by atoms with Gasteiger partial charge in [0.15, 0.2) is 0 Å². The number of allylic oxidation sites excluding steroid dienone is 1. The Kier molecular flexibility index (Phi) is 3.62. The molecule has 0 bridgehead atoms. The Morgan fingerprint density at radius 1 is 1.33 bits per heavy atom. The average molecular weight is 235 g/mol. The van der Waals surface area contributed by atoms with Crippen LogP contribution in [0.2, 0.25) is 14.8 Å². The van der Waals surface area contributed by atoms with Gasteiger partial charge in [0, 0.05) is 0 Å². The second-order valence-corrected chi connectivity index (χ2v) is 17.4. The normalized spacial score (nSPS) is 13.7. The zero-order valence-corrected chi connectivity index (χ0v) is 9.84. The summed E-state index contributed by atoms with van der Waals surface area (Å²) in [6.07, 6.45) is 2.09. The molecule has 54 valence electrons. The third-order valence-corrected chi connectivity index (χ3v) is 6.85. The van der Waals surface area contributed by atoms with Gasteiger partial charge in [0.25, 0.3) is 0 Å². The summed E-state index contributed by atoms with van der Waals surface area (Å²) < 4.78 is 6.47. The number of ether oxygens (including phenoxy) is 1. The van der Waals surface area contributed by atoms with E-state index in [4.69, 9.17) is 4.74 Å². The molecule has 0 saturated heterocycles. The molecule has 0 atom stereocenters. The van der Waals surface area contributed by atoms with Crippen LogP contribution >= 0.6 is 0 Å². The van der Waals surface area contributed by atoms with Crippen molar-refractivity contribution in [1.29, 1.82) is 0 Å². The fraction of sp³-hybridized carbons (Fsp3) is 0.714. The van der Waals surface area contributed by atoms with Crippen LogP contribution in [0.25, 0.3) is 0 Å². The third kappa shape index (κ3) is 3.13. The van der Waals surface area contributed by atoms with E-state index in [-0.39, 0.29) is 0 Å². The fourth-order valence-electron chi connectivity index (χ4n) is 0.857. The van der Waals surface area contributed by atoms with Crippen molar-refractivity contribution in [2.45, 2.75) is 21.7 Å². The van der Waals surface area contributed by atoms with Gasteiger partial charge < -0.3 is 0 Å². The van der Waals surface area contributed by atoms with Crippen molar-refractivity contribution in [2.75, 3.05) is 7.11 Å². The quantitative estimate of drug-likeness (QED) is 0.527. The number of methoxy groups -OCH3 is 1. The van der Waals surface area contributed by atoms with E-state index in [1.807, 2.05) is 6.92 Å². The molecule has 9 heavy (non-hydrogen) atoms. The Morgan fingerprint density at radius 3 is 1.78 bits per heavy atom. The Hall–Kier alpha value is 0.339. The zero-order valence-electron chi connectivity index (χ0n) is 6.99. The molecule has 0 aliphatic rings. The van der Waals surface area contributed by atoms with Crippen LogP contribution in [0, 0.1) is 0 Å². The molecule has 0 aromatic carbocycles. The molecule has 0 heterocycles. The van der Waals surface area contributed by atoms with Crippen LogP contribution in [0.5, 0.6) is 0 Å². The molecule has 0 unspecified atom stereocenters. The summed E-state index contributed by atoms with van der Waals surface area (Å²) in [5, 5.41) is 0. The summed E-state index contributed by atoms with van der Waals surface area (Å²) in [5.74, 6) is 0. The van der Waals surface area contributed by atoms with Crippen molar-refractivity contribution >= 4 is 18.4 Å². The van der Waals surface area contributed by atoms with Crippen molar-refractivity contribution in [2.24, 2.45) is 0 Å². The molecule has 1 nitrogen and oxygen atoms in total. The molecule has 0 aromatic heterocycles. The minimum atomic E-state index is -1.82. The first-order valence-electron chi connectivity index (χ1n) is 3.23. The van der Waals surface area contributed by atoms with E-state index in [1.54, 1.807) is 7.11 Å². The Labute approximate surface area is 62.0 Å². The summed E-state index contributed by atoms with van der Waals surface area (Å²) in [7, 11) is 1.76. The van der Waals surface area contributed by atoms with Gasteiger partial charge in [-0.05, 0) is 0 Å². The standard InChI is InChI=1S/C4H7O.3CH3.Sn/c1-3-4-5-2;;;;/h3H,1-2H3;3*1H3;. The molecule has 0 aromatic rings. The van der Waals surface area contributed by atoms with Crippen molar-refractivity contribution in [3.63, 3.8) is 0 Å². The van der Waals surface area contributed by atoms with E-state index in [0.717, 1.165) is 0 Å². The number of hydrogen-bond donors (Lipinski definition) is 0. The number of rotatable bonds is 2. The van der Waals surface area contributed by atoms with Gasteiger partial charge in [-0.2, -0.15) is 0 Å². The summed E-state index contributed by atoms with van der Waals surface area (Å²) in [6, 6.07) is 0. The minimum absolute atomic E-state index is 1.25.